The van der Waals surface area contributed by atoms with Crippen molar-refractivity contribution in [3.05, 3.63) is 82.7 Å². The Morgan fingerprint density at radius 1 is 0.933 bits per heavy atom. The fourth-order valence-corrected chi connectivity index (χ4v) is 3.33. The zero-order chi connectivity index (χ0) is 21.4. The van der Waals surface area contributed by atoms with Crippen LogP contribution in [-0.2, 0) is 0 Å². The molecule has 3 aromatic heterocycles. The highest BCUT2D eigenvalue weighted by Crippen LogP contribution is 2.28. The molecule has 0 amide bonds. The number of rotatable bonds is 4. The summed E-state index contributed by atoms with van der Waals surface area (Å²) in [4.78, 5) is 21.4. The van der Waals surface area contributed by atoms with Gasteiger partial charge in [0.25, 0.3) is 5.56 Å². The summed E-state index contributed by atoms with van der Waals surface area (Å²) in [5.41, 5.74) is -0.417. The first-order valence-corrected chi connectivity index (χ1v) is 9.23. The number of hydrogen-bond donors (Lipinski definition) is 1. The molecule has 0 unspecified atom stereocenters. The quantitative estimate of drug-likeness (QED) is 0.502. The molecule has 4 rings (SSSR count). The molecule has 0 radical (unpaired) electrons. The molecule has 0 aliphatic heterocycles. The zero-order valence-electron chi connectivity index (χ0n) is 16.2. The first kappa shape index (κ1) is 19.6. The summed E-state index contributed by atoms with van der Waals surface area (Å²) >= 11 is 0. The van der Waals surface area contributed by atoms with Crippen LogP contribution in [0.15, 0.2) is 59.7 Å². The van der Waals surface area contributed by atoms with E-state index in [0.717, 1.165) is 18.3 Å². The van der Waals surface area contributed by atoms with E-state index in [1.165, 1.54) is 35.0 Å². The minimum Gasteiger partial charge on any atom is -0.325 e. The number of nitrogens with zero attached hydrogens (tertiary/aromatic N) is 3. The monoisotopic (exact) mass is 410 g/mol. The van der Waals surface area contributed by atoms with Gasteiger partial charge < -0.3 is 9.88 Å². The van der Waals surface area contributed by atoms with Crippen LogP contribution in [0.1, 0.15) is 19.9 Å². The molecule has 152 valence electrons. The van der Waals surface area contributed by atoms with Crippen molar-refractivity contribution >= 4 is 22.5 Å². The molecule has 4 aromatic rings. The molecule has 1 N–H and O–H groups in total. The van der Waals surface area contributed by atoms with Crippen LogP contribution in [0.4, 0.5) is 24.8 Å². The van der Waals surface area contributed by atoms with Crippen LogP contribution in [0, 0.1) is 17.5 Å². The summed E-state index contributed by atoms with van der Waals surface area (Å²) in [6.07, 6.45) is 2.57. The molecule has 8 heteroatoms. The fraction of sp³-hybridized carbons (Fsp3) is 0.136. The Hall–Kier alpha value is -3.68. The van der Waals surface area contributed by atoms with Crippen molar-refractivity contribution < 1.29 is 13.2 Å². The maximum absolute atomic E-state index is 14.3. The van der Waals surface area contributed by atoms with Gasteiger partial charge in [-0.05, 0) is 44.2 Å². The number of pyridine rings is 3. The maximum atomic E-state index is 14.3. The molecule has 0 aliphatic carbocycles. The van der Waals surface area contributed by atoms with Crippen molar-refractivity contribution in [3.63, 3.8) is 0 Å². The van der Waals surface area contributed by atoms with Gasteiger partial charge in [0, 0.05) is 23.7 Å². The number of fused-ring (bicyclic) bond motifs is 1. The van der Waals surface area contributed by atoms with Gasteiger partial charge in [-0.3, -0.25) is 4.79 Å². The second kappa shape index (κ2) is 7.62. The van der Waals surface area contributed by atoms with E-state index in [1.807, 2.05) is 0 Å². The molecule has 0 bridgehead atoms. The molecular weight excluding hydrogens is 393 g/mol. The third-order valence-electron chi connectivity index (χ3n) is 4.65. The lowest BCUT2D eigenvalue weighted by atomic mass is 10.0. The molecule has 0 atom stereocenters. The van der Waals surface area contributed by atoms with Crippen LogP contribution in [0.3, 0.4) is 0 Å². The molecular formula is C22H17F3N4O. The van der Waals surface area contributed by atoms with Gasteiger partial charge >= 0.3 is 0 Å². The lowest BCUT2D eigenvalue weighted by molar-refractivity contribution is 0.583. The topological polar surface area (TPSA) is 59.8 Å². The van der Waals surface area contributed by atoms with Crippen molar-refractivity contribution in [2.75, 3.05) is 5.32 Å². The van der Waals surface area contributed by atoms with Crippen molar-refractivity contribution in [2.24, 2.45) is 0 Å². The first-order valence-electron chi connectivity index (χ1n) is 9.23. The zero-order valence-corrected chi connectivity index (χ0v) is 16.2. The van der Waals surface area contributed by atoms with Crippen LogP contribution in [0.25, 0.3) is 22.0 Å². The van der Waals surface area contributed by atoms with Crippen molar-refractivity contribution in [3.8, 4) is 11.1 Å². The van der Waals surface area contributed by atoms with Crippen LogP contribution >= 0.6 is 0 Å². The summed E-state index contributed by atoms with van der Waals surface area (Å²) in [5, 5.41) is 3.49. The summed E-state index contributed by atoms with van der Waals surface area (Å²) in [6, 6.07) is 8.99. The third kappa shape index (κ3) is 3.52. The molecule has 3 heterocycles. The summed E-state index contributed by atoms with van der Waals surface area (Å²) < 4.78 is 43.2. The van der Waals surface area contributed by atoms with Gasteiger partial charge in [-0.1, -0.05) is 6.07 Å². The standard InChI is InChI=1S/C22H17F3N4O/c1-12(2)29-18-9-20(28-19-7-6-14(23)11-27-19)26-10-13(18)8-15(22(29)30)21-16(24)4-3-5-17(21)25/h3-12H,1-2H3,(H,26,27,28). The fourth-order valence-electron chi connectivity index (χ4n) is 3.33. The van der Waals surface area contributed by atoms with E-state index in [9.17, 15) is 18.0 Å². The Bertz CT molecular complexity index is 1280. The van der Waals surface area contributed by atoms with E-state index in [4.69, 9.17) is 0 Å². The largest absolute Gasteiger partial charge is 0.325 e. The third-order valence-corrected chi connectivity index (χ3v) is 4.65. The van der Waals surface area contributed by atoms with E-state index in [0.29, 0.717) is 22.5 Å². The molecule has 0 spiro atoms. The lowest BCUT2D eigenvalue weighted by Crippen LogP contribution is -2.24. The minimum atomic E-state index is -0.810. The van der Waals surface area contributed by atoms with Gasteiger partial charge in [0.1, 0.15) is 29.1 Å². The highest BCUT2D eigenvalue weighted by Gasteiger charge is 2.19. The molecule has 30 heavy (non-hydrogen) atoms. The maximum Gasteiger partial charge on any atom is 0.259 e. The summed E-state index contributed by atoms with van der Waals surface area (Å²) in [5.74, 6) is -1.31. The minimum absolute atomic E-state index is 0.0745. The van der Waals surface area contributed by atoms with Crippen molar-refractivity contribution in [1.82, 2.24) is 14.5 Å². The van der Waals surface area contributed by atoms with Gasteiger partial charge in [-0.2, -0.15) is 0 Å². The van der Waals surface area contributed by atoms with Gasteiger partial charge in [0.15, 0.2) is 0 Å². The van der Waals surface area contributed by atoms with Crippen molar-refractivity contribution in [1.29, 1.82) is 0 Å². The number of halogens is 3. The number of nitrogens with one attached hydrogen (secondary N) is 1. The van der Waals surface area contributed by atoms with E-state index in [1.54, 1.807) is 19.9 Å². The number of hydrogen-bond acceptors (Lipinski definition) is 4. The molecule has 5 nitrogen and oxygen atoms in total. The SMILES string of the molecule is CC(C)n1c(=O)c(-c2c(F)cccc2F)cc2cnc(Nc3ccc(F)cn3)cc21. The average molecular weight is 410 g/mol. The predicted molar refractivity (Wildman–Crippen MR) is 109 cm³/mol. The van der Waals surface area contributed by atoms with Gasteiger partial charge in [-0.15, -0.1) is 0 Å². The Morgan fingerprint density at radius 2 is 1.63 bits per heavy atom. The Kier molecular flexibility index (Phi) is 4.99. The second-order valence-electron chi connectivity index (χ2n) is 7.04. The molecule has 0 aliphatic rings. The number of aromatic nitrogens is 3. The molecule has 1 aromatic carbocycles. The van der Waals surface area contributed by atoms with E-state index >= 15 is 0 Å². The average Bonchev–Trinajstić information content (AvgIpc) is 2.70. The van der Waals surface area contributed by atoms with Crippen LogP contribution in [0.2, 0.25) is 0 Å². The number of benzene rings is 1. The highest BCUT2D eigenvalue weighted by molar-refractivity contribution is 5.86. The van der Waals surface area contributed by atoms with E-state index in [-0.39, 0.29) is 17.2 Å². The second-order valence-corrected chi connectivity index (χ2v) is 7.04. The van der Waals surface area contributed by atoms with Crippen LogP contribution < -0.4 is 10.9 Å². The summed E-state index contributed by atoms with van der Waals surface area (Å²) in [6.45, 7) is 3.61. The first-order chi connectivity index (χ1) is 14.3. The van der Waals surface area contributed by atoms with Gasteiger partial charge in [-0.25, -0.2) is 23.1 Å². The Morgan fingerprint density at radius 3 is 2.27 bits per heavy atom. The smallest absolute Gasteiger partial charge is 0.259 e. The molecule has 0 saturated heterocycles. The summed E-state index contributed by atoms with van der Waals surface area (Å²) in [7, 11) is 0. The Labute approximate surface area is 169 Å². The van der Waals surface area contributed by atoms with Crippen LogP contribution in [-0.4, -0.2) is 14.5 Å². The molecule has 0 saturated carbocycles. The van der Waals surface area contributed by atoms with E-state index in [2.05, 4.69) is 15.3 Å². The molecule has 0 fully saturated rings. The van der Waals surface area contributed by atoms with Gasteiger partial charge in [0.05, 0.1) is 22.8 Å². The Balaban J connectivity index is 1.90. The predicted octanol–water partition coefficient (Wildman–Crippen LogP) is 5.20. The number of anilines is 2. The lowest BCUT2D eigenvalue weighted by Gasteiger charge is -2.17. The van der Waals surface area contributed by atoms with Crippen molar-refractivity contribution in [2.45, 2.75) is 19.9 Å². The highest BCUT2D eigenvalue weighted by atomic mass is 19.1. The van der Waals surface area contributed by atoms with Gasteiger partial charge in [0.2, 0.25) is 0 Å². The van der Waals surface area contributed by atoms with E-state index < -0.39 is 23.0 Å². The normalized spacial score (nSPS) is 11.3. The van der Waals surface area contributed by atoms with Crippen LogP contribution in [0.5, 0.6) is 0 Å².